The highest BCUT2D eigenvalue weighted by Gasteiger charge is 2.61. The molecule has 21 heavy (non-hydrogen) atoms. The first-order chi connectivity index (χ1) is 9.90. The first kappa shape index (κ1) is 15.1. The number of rotatable bonds is 4. The van der Waals surface area contributed by atoms with Crippen molar-refractivity contribution < 1.29 is 9.47 Å². The molecule has 3 rings (SSSR count). The van der Waals surface area contributed by atoms with Crippen molar-refractivity contribution in [2.75, 3.05) is 0 Å². The Morgan fingerprint density at radius 2 is 2.19 bits per heavy atom. The van der Waals surface area contributed by atoms with Gasteiger partial charge in [-0.15, -0.1) is 0 Å². The van der Waals surface area contributed by atoms with Gasteiger partial charge in [-0.2, -0.15) is 0 Å². The van der Waals surface area contributed by atoms with Crippen LogP contribution in [0.5, 0.6) is 5.75 Å². The molecule has 3 unspecified atom stereocenters. The van der Waals surface area contributed by atoms with Crippen molar-refractivity contribution in [3.05, 3.63) is 28.8 Å². The molecule has 2 N–H and O–H groups in total. The minimum absolute atomic E-state index is 0.0269. The minimum Gasteiger partial charge on any atom is -0.487 e. The Labute approximate surface area is 131 Å². The summed E-state index contributed by atoms with van der Waals surface area (Å²) < 4.78 is 12.7. The molecule has 2 aliphatic rings. The molecule has 2 heterocycles. The Kier molecular flexibility index (Phi) is 3.71. The van der Waals surface area contributed by atoms with Crippen molar-refractivity contribution in [2.24, 2.45) is 11.7 Å². The maximum Gasteiger partial charge on any atom is 0.130 e. The Hall–Kier alpha value is -0.770. The van der Waals surface area contributed by atoms with Gasteiger partial charge in [0.25, 0.3) is 0 Å². The molecule has 0 aliphatic carbocycles. The molecule has 4 heteroatoms. The van der Waals surface area contributed by atoms with Crippen molar-refractivity contribution >= 4 is 11.6 Å². The highest BCUT2D eigenvalue weighted by Crippen LogP contribution is 2.55. The SMILES string of the molecule is CC(C)C12CCC(C)(O1)C(Oc1cccc(Cl)c1CN)C2. The summed E-state index contributed by atoms with van der Waals surface area (Å²) >= 11 is 6.22. The molecular formula is C17H24ClNO2. The maximum absolute atomic E-state index is 6.41. The van der Waals surface area contributed by atoms with Crippen LogP contribution in [0.25, 0.3) is 0 Å². The lowest BCUT2D eigenvalue weighted by Gasteiger charge is -2.32. The topological polar surface area (TPSA) is 44.5 Å². The van der Waals surface area contributed by atoms with Crippen LogP contribution >= 0.6 is 11.6 Å². The molecule has 2 fully saturated rings. The van der Waals surface area contributed by atoms with E-state index in [2.05, 4.69) is 20.8 Å². The zero-order valence-corrected chi connectivity index (χ0v) is 13.7. The average Bonchev–Trinajstić information content (AvgIpc) is 2.91. The predicted octanol–water partition coefficient (Wildman–Crippen LogP) is 3.91. The van der Waals surface area contributed by atoms with Crippen LogP contribution in [0.4, 0.5) is 0 Å². The normalized spacial score (nSPS) is 34.7. The van der Waals surface area contributed by atoms with Gasteiger partial charge in [0.05, 0.1) is 5.60 Å². The number of ether oxygens (including phenoxy) is 2. The van der Waals surface area contributed by atoms with Crippen molar-refractivity contribution in [3.8, 4) is 5.75 Å². The molecule has 0 amide bonds. The lowest BCUT2D eigenvalue weighted by Crippen LogP contribution is -2.40. The summed E-state index contributed by atoms with van der Waals surface area (Å²) in [6.07, 6.45) is 3.18. The molecule has 3 atom stereocenters. The summed E-state index contributed by atoms with van der Waals surface area (Å²) in [6.45, 7) is 7.02. The smallest absolute Gasteiger partial charge is 0.130 e. The van der Waals surface area contributed by atoms with Gasteiger partial charge < -0.3 is 15.2 Å². The largest absolute Gasteiger partial charge is 0.487 e. The van der Waals surface area contributed by atoms with Gasteiger partial charge in [0.2, 0.25) is 0 Å². The lowest BCUT2D eigenvalue weighted by atomic mass is 9.75. The first-order valence-electron chi connectivity index (χ1n) is 7.74. The van der Waals surface area contributed by atoms with Gasteiger partial charge in [-0.3, -0.25) is 0 Å². The third-order valence-corrected chi connectivity index (χ3v) is 5.65. The quantitative estimate of drug-likeness (QED) is 0.917. The van der Waals surface area contributed by atoms with Gasteiger partial charge in [0, 0.05) is 23.6 Å². The van der Waals surface area contributed by atoms with Gasteiger partial charge in [-0.05, 0) is 37.8 Å². The average molecular weight is 310 g/mol. The standard InChI is InChI=1S/C17H24ClNO2/c1-11(2)17-8-7-16(3,21-17)15(9-17)20-14-6-4-5-13(18)12(14)10-19/h4-6,11,15H,7-10,19H2,1-3H3. The van der Waals surface area contributed by atoms with Crippen LogP contribution in [0.1, 0.15) is 45.6 Å². The Bertz CT molecular complexity index is 548. The monoisotopic (exact) mass is 309 g/mol. The van der Waals surface area contributed by atoms with Crippen LogP contribution < -0.4 is 10.5 Å². The van der Waals surface area contributed by atoms with Crippen molar-refractivity contribution in [2.45, 2.75) is 63.9 Å². The van der Waals surface area contributed by atoms with E-state index in [1.54, 1.807) is 0 Å². The zero-order chi connectivity index (χ0) is 15.3. The molecule has 0 radical (unpaired) electrons. The summed E-state index contributed by atoms with van der Waals surface area (Å²) in [5.41, 5.74) is 6.47. The van der Waals surface area contributed by atoms with Crippen LogP contribution in [0, 0.1) is 5.92 Å². The van der Waals surface area contributed by atoms with E-state index in [4.69, 9.17) is 26.8 Å². The Morgan fingerprint density at radius 1 is 1.43 bits per heavy atom. The molecule has 2 bridgehead atoms. The summed E-state index contributed by atoms with van der Waals surface area (Å²) in [5.74, 6) is 1.30. The molecule has 2 saturated heterocycles. The molecule has 1 aromatic carbocycles. The van der Waals surface area contributed by atoms with Crippen molar-refractivity contribution in [3.63, 3.8) is 0 Å². The van der Waals surface area contributed by atoms with E-state index >= 15 is 0 Å². The number of hydrogen-bond acceptors (Lipinski definition) is 3. The van der Waals surface area contributed by atoms with Gasteiger partial charge >= 0.3 is 0 Å². The van der Waals surface area contributed by atoms with Crippen LogP contribution in [0.2, 0.25) is 5.02 Å². The van der Waals surface area contributed by atoms with Crippen LogP contribution in [0.3, 0.4) is 0 Å². The molecule has 3 nitrogen and oxygen atoms in total. The molecule has 0 spiro atoms. The zero-order valence-electron chi connectivity index (χ0n) is 13.0. The van der Waals surface area contributed by atoms with E-state index < -0.39 is 0 Å². The molecular weight excluding hydrogens is 286 g/mol. The van der Waals surface area contributed by atoms with E-state index in [1.807, 2.05) is 18.2 Å². The van der Waals surface area contributed by atoms with E-state index in [9.17, 15) is 0 Å². The number of halogens is 1. The first-order valence-corrected chi connectivity index (χ1v) is 8.12. The fraction of sp³-hybridized carbons (Fsp3) is 0.647. The Morgan fingerprint density at radius 3 is 2.81 bits per heavy atom. The fourth-order valence-corrected chi connectivity index (χ4v) is 3.98. The number of benzene rings is 1. The number of fused-ring (bicyclic) bond motifs is 2. The van der Waals surface area contributed by atoms with Crippen LogP contribution in [0.15, 0.2) is 18.2 Å². The van der Waals surface area contributed by atoms with Gasteiger partial charge in [-0.25, -0.2) is 0 Å². The predicted molar refractivity (Wildman–Crippen MR) is 84.7 cm³/mol. The highest BCUT2D eigenvalue weighted by atomic mass is 35.5. The second-order valence-electron chi connectivity index (χ2n) is 6.87. The maximum atomic E-state index is 6.41. The van der Waals surface area contributed by atoms with Crippen molar-refractivity contribution in [1.29, 1.82) is 0 Å². The van der Waals surface area contributed by atoms with E-state index in [0.717, 1.165) is 30.6 Å². The van der Waals surface area contributed by atoms with Crippen LogP contribution in [-0.4, -0.2) is 17.3 Å². The summed E-state index contributed by atoms with van der Waals surface area (Å²) in [7, 11) is 0. The molecule has 2 aliphatic heterocycles. The summed E-state index contributed by atoms with van der Waals surface area (Å²) in [6, 6.07) is 5.71. The molecule has 116 valence electrons. The summed E-state index contributed by atoms with van der Waals surface area (Å²) in [5, 5.41) is 0.669. The molecule has 0 saturated carbocycles. The third kappa shape index (κ3) is 2.36. The second-order valence-corrected chi connectivity index (χ2v) is 7.27. The minimum atomic E-state index is -0.196. The van der Waals surface area contributed by atoms with Crippen molar-refractivity contribution in [1.82, 2.24) is 0 Å². The van der Waals surface area contributed by atoms with Gasteiger partial charge in [0.1, 0.15) is 17.5 Å². The second kappa shape index (κ2) is 5.15. The molecule has 0 aromatic heterocycles. The molecule has 1 aromatic rings. The van der Waals surface area contributed by atoms with E-state index in [0.29, 0.717) is 17.5 Å². The number of nitrogens with two attached hydrogens (primary N) is 1. The van der Waals surface area contributed by atoms with Gasteiger partial charge in [-0.1, -0.05) is 31.5 Å². The van der Waals surface area contributed by atoms with E-state index in [-0.39, 0.29) is 17.3 Å². The highest BCUT2D eigenvalue weighted by molar-refractivity contribution is 6.31. The number of hydrogen-bond donors (Lipinski definition) is 1. The Balaban J connectivity index is 1.86. The van der Waals surface area contributed by atoms with Gasteiger partial charge in [0.15, 0.2) is 0 Å². The summed E-state index contributed by atoms with van der Waals surface area (Å²) in [4.78, 5) is 0. The fourth-order valence-electron chi connectivity index (χ4n) is 3.74. The third-order valence-electron chi connectivity index (χ3n) is 5.29. The van der Waals surface area contributed by atoms with E-state index in [1.165, 1.54) is 0 Å². The lowest BCUT2D eigenvalue weighted by molar-refractivity contribution is -0.0770. The van der Waals surface area contributed by atoms with Crippen LogP contribution in [-0.2, 0) is 11.3 Å².